The number of nitrogens with zero attached hydrogens (tertiary/aromatic N) is 1. The first-order chi connectivity index (χ1) is 5.27. The minimum absolute atomic E-state index is 0.145. The Hall–Kier alpha value is -0.160. The van der Waals surface area contributed by atoms with Crippen LogP contribution in [0.5, 0.6) is 0 Å². The second-order valence-electron chi connectivity index (χ2n) is 2.83. The molecule has 0 aromatic heterocycles. The molecule has 1 saturated heterocycles. The maximum absolute atomic E-state index is 11.7. The van der Waals surface area contributed by atoms with Crippen molar-refractivity contribution in [3.8, 4) is 0 Å². The summed E-state index contributed by atoms with van der Waals surface area (Å²) in [5.41, 5.74) is 0. The van der Waals surface area contributed by atoms with Gasteiger partial charge in [-0.2, -0.15) is 0 Å². The van der Waals surface area contributed by atoms with Crippen molar-refractivity contribution in [2.75, 3.05) is 46.6 Å². The zero-order valence-corrected chi connectivity index (χ0v) is 6.91. The summed E-state index contributed by atoms with van der Waals surface area (Å²) in [6, 6.07) is 0. The van der Waals surface area contributed by atoms with Crippen molar-refractivity contribution in [1.82, 2.24) is 0 Å². The van der Waals surface area contributed by atoms with E-state index in [-0.39, 0.29) is 4.65 Å². The fourth-order valence-corrected chi connectivity index (χ4v) is 1.16. The van der Waals surface area contributed by atoms with Gasteiger partial charge in [-0.3, -0.25) is 0 Å². The van der Waals surface area contributed by atoms with Crippen molar-refractivity contribution < 1.29 is 14.1 Å². The molecule has 1 fully saturated rings. The number of morpholine rings is 1. The summed E-state index contributed by atoms with van der Waals surface area (Å²) >= 11 is 0. The number of quaternary nitrogens is 1. The summed E-state index contributed by atoms with van der Waals surface area (Å²) < 4.78 is 9.80. The lowest BCUT2D eigenvalue weighted by atomic mass is 10.4. The van der Waals surface area contributed by atoms with E-state index < -0.39 is 0 Å². The van der Waals surface area contributed by atoms with Gasteiger partial charge in [0.05, 0.1) is 19.8 Å². The Morgan fingerprint density at radius 3 is 2.64 bits per heavy atom. The van der Waals surface area contributed by atoms with E-state index in [0.717, 1.165) is 0 Å². The smallest absolute Gasteiger partial charge is 0.102 e. The lowest BCUT2D eigenvalue weighted by Crippen LogP contribution is -2.51. The molecule has 0 radical (unpaired) electrons. The third-order valence-electron chi connectivity index (χ3n) is 1.99. The second-order valence-corrected chi connectivity index (χ2v) is 2.83. The highest BCUT2D eigenvalue weighted by molar-refractivity contribution is 4.49. The van der Waals surface area contributed by atoms with E-state index in [2.05, 4.69) is 0 Å². The highest BCUT2D eigenvalue weighted by atomic mass is 16.6. The standard InChI is InChI=1S/C7H15NO3/c1-10-5-2-8(9)3-6-11-7-4-8/h2-7H2,1H3. The van der Waals surface area contributed by atoms with Gasteiger partial charge in [0, 0.05) is 7.11 Å². The molecule has 4 heteroatoms. The van der Waals surface area contributed by atoms with Crippen molar-refractivity contribution in [2.45, 2.75) is 0 Å². The topological polar surface area (TPSA) is 41.5 Å². The number of hydrogen-bond acceptors (Lipinski definition) is 3. The minimum atomic E-state index is -0.145. The number of hydrogen-bond donors (Lipinski definition) is 0. The van der Waals surface area contributed by atoms with Crippen LogP contribution in [0.15, 0.2) is 0 Å². The third kappa shape index (κ3) is 2.75. The Balaban J connectivity index is 2.25. The van der Waals surface area contributed by atoms with Crippen molar-refractivity contribution in [3.05, 3.63) is 5.21 Å². The van der Waals surface area contributed by atoms with E-state index in [1.165, 1.54) is 0 Å². The molecule has 0 aliphatic carbocycles. The van der Waals surface area contributed by atoms with Crippen LogP contribution in [0.4, 0.5) is 0 Å². The zero-order valence-electron chi connectivity index (χ0n) is 6.91. The summed E-state index contributed by atoms with van der Waals surface area (Å²) in [6.45, 7) is 3.43. The molecule has 4 nitrogen and oxygen atoms in total. The number of methoxy groups -OCH3 is 1. The third-order valence-corrected chi connectivity index (χ3v) is 1.99. The molecule has 0 atom stereocenters. The molecule has 0 bridgehead atoms. The van der Waals surface area contributed by atoms with Crippen LogP contribution in [0.2, 0.25) is 0 Å². The Morgan fingerprint density at radius 1 is 1.45 bits per heavy atom. The fourth-order valence-electron chi connectivity index (χ4n) is 1.16. The van der Waals surface area contributed by atoms with Crippen LogP contribution < -0.4 is 0 Å². The van der Waals surface area contributed by atoms with Gasteiger partial charge in [-0.1, -0.05) is 0 Å². The Labute approximate surface area is 66.9 Å². The van der Waals surface area contributed by atoms with Crippen molar-refractivity contribution in [1.29, 1.82) is 0 Å². The number of ether oxygens (including phenoxy) is 2. The number of hydroxylamine groups is 3. The van der Waals surface area contributed by atoms with E-state index in [1.54, 1.807) is 7.11 Å². The maximum Gasteiger partial charge on any atom is 0.102 e. The predicted molar refractivity (Wildman–Crippen MR) is 40.9 cm³/mol. The van der Waals surface area contributed by atoms with Gasteiger partial charge >= 0.3 is 0 Å². The van der Waals surface area contributed by atoms with Gasteiger partial charge in [0.25, 0.3) is 0 Å². The van der Waals surface area contributed by atoms with E-state index in [0.29, 0.717) is 39.5 Å². The molecular formula is C7H15NO3. The largest absolute Gasteiger partial charge is 0.633 e. The van der Waals surface area contributed by atoms with E-state index >= 15 is 0 Å². The van der Waals surface area contributed by atoms with Gasteiger partial charge in [0.1, 0.15) is 19.6 Å². The molecule has 66 valence electrons. The molecule has 1 aliphatic rings. The van der Waals surface area contributed by atoms with Gasteiger partial charge in [0.2, 0.25) is 0 Å². The average Bonchev–Trinajstić information content (AvgIpc) is 2.03. The quantitative estimate of drug-likeness (QED) is 0.431. The molecule has 0 amide bonds. The van der Waals surface area contributed by atoms with Gasteiger partial charge in [-0.25, -0.2) is 0 Å². The molecule has 0 N–H and O–H groups in total. The van der Waals surface area contributed by atoms with Crippen LogP contribution >= 0.6 is 0 Å². The maximum atomic E-state index is 11.7. The summed E-state index contributed by atoms with van der Waals surface area (Å²) in [5, 5.41) is 11.7. The van der Waals surface area contributed by atoms with E-state index in [1.807, 2.05) is 0 Å². The van der Waals surface area contributed by atoms with Crippen LogP contribution in [0.25, 0.3) is 0 Å². The van der Waals surface area contributed by atoms with Gasteiger partial charge in [0.15, 0.2) is 0 Å². The van der Waals surface area contributed by atoms with Crippen molar-refractivity contribution in [3.63, 3.8) is 0 Å². The summed E-state index contributed by atoms with van der Waals surface area (Å²) in [7, 11) is 1.62. The van der Waals surface area contributed by atoms with Crippen LogP contribution in [-0.2, 0) is 9.47 Å². The first-order valence-electron chi connectivity index (χ1n) is 3.91. The summed E-state index contributed by atoms with van der Waals surface area (Å²) in [5.74, 6) is 0. The van der Waals surface area contributed by atoms with Gasteiger partial charge in [-0.05, 0) is 0 Å². The van der Waals surface area contributed by atoms with Crippen molar-refractivity contribution in [2.24, 2.45) is 0 Å². The van der Waals surface area contributed by atoms with Crippen LogP contribution in [0, 0.1) is 5.21 Å². The second kappa shape index (κ2) is 4.01. The average molecular weight is 161 g/mol. The Morgan fingerprint density at radius 2 is 2.09 bits per heavy atom. The Bertz CT molecular complexity index is 112. The highest BCUT2D eigenvalue weighted by Crippen LogP contribution is 2.07. The minimum Gasteiger partial charge on any atom is -0.633 e. The predicted octanol–water partition coefficient (Wildman–Crippen LogP) is -0.0224. The van der Waals surface area contributed by atoms with Crippen LogP contribution in [0.3, 0.4) is 0 Å². The molecule has 0 saturated carbocycles. The van der Waals surface area contributed by atoms with E-state index in [4.69, 9.17) is 9.47 Å². The first-order valence-corrected chi connectivity index (χ1v) is 3.91. The molecule has 1 aliphatic heterocycles. The normalized spacial score (nSPS) is 23.5. The van der Waals surface area contributed by atoms with Crippen LogP contribution in [-0.4, -0.2) is 51.2 Å². The van der Waals surface area contributed by atoms with Crippen molar-refractivity contribution >= 4 is 0 Å². The number of rotatable bonds is 3. The first kappa shape index (κ1) is 8.93. The van der Waals surface area contributed by atoms with E-state index in [9.17, 15) is 5.21 Å². The zero-order chi connectivity index (χ0) is 8.16. The molecule has 1 rings (SSSR count). The Kier molecular flexibility index (Phi) is 3.26. The van der Waals surface area contributed by atoms with Gasteiger partial charge < -0.3 is 19.3 Å². The van der Waals surface area contributed by atoms with Crippen LogP contribution in [0.1, 0.15) is 0 Å². The summed E-state index contributed by atoms with van der Waals surface area (Å²) in [6.07, 6.45) is 0. The molecule has 0 aromatic rings. The molecule has 0 spiro atoms. The molecular weight excluding hydrogens is 146 g/mol. The lowest BCUT2D eigenvalue weighted by Gasteiger charge is -2.44. The SMILES string of the molecule is COCC[N+]1([O-])CCOCC1. The summed E-state index contributed by atoms with van der Waals surface area (Å²) in [4.78, 5) is 0. The molecule has 11 heavy (non-hydrogen) atoms. The fraction of sp³-hybridized carbons (Fsp3) is 1.00. The molecule has 0 aromatic carbocycles. The molecule has 0 unspecified atom stereocenters. The van der Waals surface area contributed by atoms with Gasteiger partial charge in [-0.15, -0.1) is 0 Å². The monoisotopic (exact) mass is 161 g/mol. The molecule has 1 heterocycles. The lowest BCUT2D eigenvalue weighted by molar-refractivity contribution is -0.888. The highest BCUT2D eigenvalue weighted by Gasteiger charge is 2.19.